The van der Waals surface area contributed by atoms with Gasteiger partial charge in [-0.1, -0.05) is 0 Å². The average molecular weight is 218 g/mol. The lowest BCUT2D eigenvalue weighted by Gasteiger charge is -1.99. The molecular weight excluding hydrogens is 207 g/mol. The largest absolute Gasteiger partial charge is 0.303 e. The van der Waals surface area contributed by atoms with Gasteiger partial charge in [0.2, 0.25) is 0 Å². The SMILES string of the molecule is Cc1nn(-c2ccc(F)cc2)cc1CC=O. The highest BCUT2D eigenvalue weighted by Crippen LogP contribution is 2.12. The van der Waals surface area contributed by atoms with E-state index in [1.54, 1.807) is 23.0 Å². The first-order valence-electron chi connectivity index (χ1n) is 4.95. The van der Waals surface area contributed by atoms with E-state index in [9.17, 15) is 9.18 Å². The Labute approximate surface area is 92.5 Å². The molecule has 1 aromatic heterocycles. The van der Waals surface area contributed by atoms with Gasteiger partial charge in [0, 0.05) is 18.2 Å². The van der Waals surface area contributed by atoms with Crippen molar-refractivity contribution in [2.75, 3.05) is 0 Å². The molecule has 0 N–H and O–H groups in total. The van der Waals surface area contributed by atoms with E-state index >= 15 is 0 Å². The van der Waals surface area contributed by atoms with Crippen LogP contribution in [-0.4, -0.2) is 16.1 Å². The number of hydrogen-bond donors (Lipinski definition) is 0. The van der Waals surface area contributed by atoms with Crippen molar-refractivity contribution < 1.29 is 9.18 Å². The Balaban J connectivity index is 2.37. The molecule has 1 aromatic carbocycles. The standard InChI is InChI=1S/C12H11FN2O/c1-9-10(6-7-16)8-15(14-9)12-4-2-11(13)3-5-12/h2-5,7-8H,6H2,1H3. The number of carbonyl (C=O) groups is 1. The molecule has 0 saturated heterocycles. The van der Waals surface area contributed by atoms with Crippen LogP contribution < -0.4 is 0 Å². The van der Waals surface area contributed by atoms with Gasteiger partial charge >= 0.3 is 0 Å². The molecule has 0 atom stereocenters. The topological polar surface area (TPSA) is 34.9 Å². The van der Waals surface area contributed by atoms with Crippen LogP contribution >= 0.6 is 0 Å². The molecule has 0 amide bonds. The second-order valence-corrected chi connectivity index (χ2v) is 3.53. The average Bonchev–Trinajstić information content (AvgIpc) is 2.62. The first-order valence-corrected chi connectivity index (χ1v) is 4.95. The van der Waals surface area contributed by atoms with E-state index < -0.39 is 0 Å². The maximum Gasteiger partial charge on any atom is 0.124 e. The van der Waals surface area contributed by atoms with Crippen LogP contribution in [0.4, 0.5) is 4.39 Å². The Bertz CT molecular complexity index is 502. The molecular formula is C12H11FN2O. The zero-order valence-electron chi connectivity index (χ0n) is 8.85. The Morgan fingerprint density at radius 1 is 1.38 bits per heavy atom. The Morgan fingerprint density at radius 3 is 2.69 bits per heavy atom. The number of hydrogen-bond acceptors (Lipinski definition) is 2. The van der Waals surface area contributed by atoms with E-state index in [4.69, 9.17) is 0 Å². The molecule has 2 aromatic rings. The molecule has 0 aliphatic rings. The molecule has 2 rings (SSSR count). The monoisotopic (exact) mass is 218 g/mol. The van der Waals surface area contributed by atoms with Crippen molar-refractivity contribution in [2.24, 2.45) is 0 Å². The normalized spacial score (nSPS) is 10.4. The van der Waals surface area contributed by atoms with Gasteiger partial charge in [-0.05, 0) is 31.2 Å². The molecule has 0 saturated carbocycles. The van der Waals surface area contributed by atoms with E-state index in [1.165, 1.54) is 12.1 Å². The minimum absolute atomic E-state index is 0.277. The van der Waals surface area contributed by atoms with E-state index in [2.05, 4.69) is 5.10 Å². The molecule has 0 aliphatic carbocycles. The third-order valence-corrected chi connectivity index (χ3v) is 2.39. The number of nitrogens with zero attached hydrogens (tertiary/aromatic N) is 2. The lowest BCUT2D eigenvalue weighted by molar-refractivity contribution is -0.107. The van der Waals surface area contributed by atoms with Crippen molar-refractivity contribution in [1.82, 2.24) is 9.78 Å². The first kappa shape index (κ1) is 10.5. The summed E-state index contributed by atoms with van der Waals surface area (Å²) >= 11 is 0. The van der Waals surface area contributed by atoms with Crippen LogP contribution in [0.15, 0.2) is 30.5 Å². The van der Waals surface area contributed by atoms with E-state index in [0.717, 1.165) is 23.2 Å². The zero-order chi connectivity index (χ0) is 11.5. The van der Waals surface area contributed by atoms with Crippen molar-refractivity contribution in [1.29, 1.82) is 0 Å². The van der Waals surface area contributed by atoms with E-state index in [1.807, 2.05) is 6.92 Å². The number of carbonyl (C=O) groups excluding carboxylic acids is 1. The summed E-state index contributed by atoms with van der Waals surface area (Å²) in [7, 11) is 0. The van der Waals surface area contributed by atoms with Gasteiger partial charge in [0.25, 0.3) is 0 Å². The zero-order valence-corrected chi connectivity index (χ0v) is 8.85. The van der Waals surface area contributed by atoms with Gasteiger partial charge in [-0.3, -0.25) is 0 Å². The van der Waals surface area contributed by atoms with Gasteiger partial charge in [0.05, 0.1) is 11.4 Å². The fourth-order valence-electron chi connectivity index (χ4n) is 1.51. The van der Waals surface area contributed by atoms with Crippen molar-refractivity contribution >= 4 is 6.29 Å². The third-order valence-electron chi connectivity index (χ3n) is 2.39. The van der Waals surface area contributed by atoms with Gasteiger partial charge in [-0.2, -0.15) is 5.10 Å². The van der Waals surface area contributed by atoms with Crippen LogP contribution in [0.2, 0.25) is 0 Å². The van der Waals surface area contributed by atoms with Gasteiger partial charge in [-0.25, -0.2) is 9.07 Å². The van der Waals surface area contributed by atoms with Crippen molar-refractivity contribution in [3.05, 3.63) is 47.5 Å². The van der Waals surface area contributed by atoms with Gasteiger partial charge in [0.15, 0.2) is 0 Å². The van der Waals surface area contributed by atoms with Crippen LogP contribution in [0.1, 0.15) is 11.3 Å². The summed E-state index contributed by atoms with van der Waals surface area (Å²) in [6.07, 6.45) is 2.99. The summed E-state index contributed by atoms with van der Waals surface area (Å²) in [4.78, 5) is 10.4. The fourth-order valence-corrected chi connectivity index (χ4v) is 1.51. The predicted molar refractivity (Wildman–Crippen MR) is 58.0 cm³/mol. The molecule has 4 heteroatoms. The van der Waals surface area contributed by atoms with Crippen molar-refractivity contribution in [3.8, 4) is 5.69 Å². The highest BCUT2D eigenvalue weighted by atomic mass is 19.1. The minimum atomic E-state index is -0.277. The molecule has 0 aliphatic heterocycles. The second kappa shape index (κ2) is 4.26. The predicted octanol–water partition coefficient (Wildman–Crippen LogP) is 2.06. The van der Waals surface area contributed by atoms with E-state index in [0.29, 0.717) is 6.42 Å². The first-order chi connectivity index (χ1) is 7.70. The summed E-state index contributed by atoms with van der Waals surface area (Å²) in [6.45, 7) is 1.85. The van der Waals surface area contributed by atoms with Crippen LogP contribution in [-0.2, 0) is 11.2 Å². The Kier molecular flexibility index (Phi) is 2.81. The Hall–Kier alpha value is -1.97. The fraction of sp³-hybridized carbons (Fsp3) is 0.167. The molecule has 82 valence electrons. The molecule has 16 heavy (non-hydrogen) atoms. The second-order valence-electron chi connectivity index (χ2n) is 3.53. The van der Waals surface area contributed by atoms with Gasteiger partial charge in [0.1, 0.15) is 12.1 Å². The van der Waals surface area contributed by atoms with Crippen molar-refractivity contribution in [3.63, 3.8) is 0 Å². The number of aromatic nitrogens is 2. The summed E-state index contributed by atoms with van der Waals surface area (Å²) in [5.74, 6) is -0.277. The number of benzene rings is 1. The molecule has 0 unspecified atom stereocenters. The van der Waals surface area contributed by atoms with Crippen LogP contribution in [0.5, 0.6) is 0 Å². The number of aryl methyl sites for hydroxylation is 1. The van der Waals surface area contributed by atoms with Crippen LogP contribution in [0, 0.1) is 12.7 Å². The lowest BCUT2D eigenvalue weighted by Crippen LogP contribution is -1.94. The summed E-state index contributed by atoms with van der Waals surface area (Å²) in [5.41, 5.74) is 2.48. The summed E-state index contributed by atoms with van der Waals surface area (Å²) in [5, 5.41) is 4.26. The number of aldehydes is 1. The maximum absolute atomic E-state index is 12.7. The third kappa shape index (κ3) is 2.00. The molecule has 0 radical (unpaired) electrons. The van der Waals surface area contributed by atoms with Gasteiger partial charge < -0.3 is 4.79 Å². The molecule has 1 heterocycles. The van der Waals surface area contributed by atoms with Gasteiger partial charge in [-0.15, -0.1) is 0 Å². The quantitative estimate of drug-likeness (QED) is 0.739. The maximum atomic E-state index is 12.7. The van der Waals surface area contributed by atoms with E-state index in [-0.39, 0.29) is 5.82 Å². The minimum Gasteiger partial charge on any atom is -0.303 e. The lowest BCUT2D eigenvalue weighted by atomic mass is 10.2. The molecule has 0 spiro atoms. The number of rotatable bonds is 3. The summed E-state index contributed by atoms with van der Waals surface area (Å²) in [6, 6.07) is 6.05. The highest BCUT2D eigenvalue weighted by molar-refractivity contribution is 5.55. The Morgan fingerprint density at radius 2 is 2.06 bits per heavy atom. The number of halogens is 1. The van der Waals surface area contributed by atoms with Crippen LogP contribution in [0.25, 0.3) is 5.69 Å². The molecule has 0 fully saturated rings. The smallest absolute Gasteiger partial charge is 0.124 e. The molecule has 0 bridgehead atoms. The molecule has 3 nitrogen and oxygen atoms in total. The summed E-state index contributed by atoms with van der Waals surface area (Å²) < 4.78 is 14.4. The highest BCUT2D eigenvalue weighted by Gasteiger charge is 2.05. The van der Waals surface area contributed by atoms with Crippen molar-refractivity contribution in [2.45, 2.75) is 13.3 Å². The van der Waals surface area contributed by atoms with Crippen LogP contribution in [0.3, 0.4) is 0 Å².